The van der Waals surface area contributed by atoms with Crippen LogP contribution in [0, 0.1) is 12.3 Å². The van der Waals surface area contributed by atoms with Gasteiger partial charge < -0.3 is 4.57 Å². The van der Waals surface area contributed by atoms with Crippen LogP contribution in [0.2, 0.25) is 0 Å². The zero-order valence-electron chi connectivity index (χ0n) is 6.11. The van der Waals surface area contributed by atoms with Gasteiger partial charge in [-0.3, -0.25) is 0 Å². The molecule has 0 spiro atoms. The molecule has 11 heavy (non-hydrogen) atoms. The van der Waals surface area contributed by atoms with E-state index in [0.717, 1.165) is 11.5 Å². The predicted octanol–water partition coefficient (Wildman–Crippen LogP) is 2.04. The maximum Gasteiger partial charge on any atom is 0.110 e. The zero-order valence-corrected chi connectivity index (χ0v) is 6.93. The molecule has 0 saturated carbocycles. The SMILES string of the molecule is Cc1nccn1-c1[c]scc1. The van der Waals surface area contributed by atoms with Gasteiger partial charge in [-0.15, -0.1) is 11.3 Å². The molecule has 3 heteroatoms. The fourth-order valence-corrected chi connectivity index (χ4v) is 1.54. The van der Waals surface area contributed by atoms with Gasteiger partial charge in [0.1, 0.15) is 5.82 Å². The molecule has 0 aliphatic carbocycles. The van der Waals surface area contributed by atoms with Crippen LogP contribution >= 0.6 is 11.3 Å². The van der Waals surface area contributed by atoms with Crippen LogP contribution in [-0.4, -0.2) is 9.55 Å². The molecule has 0 bridgehead atoms. The molecule has 55 valence electrons. The lowest BCUT2D eigenvalue weighted by molar-refractivity contribution is 0.979. The smallest absolute Gasteiger partial charge is 0.110 e. The van der Waals surface area contributed by atoms with Gasteiger partial charge in [-0.1, -0.05) is 0 Å². The van der Waals surface area contributed by atoms with E-state index in [1.165, 1.54) is 0 Å². The first kappa shape index (κ1) is 6.61. The van der Waals surface area contributed by atoms with Crippen molar-refractivity contribution >= 4 is 11.3 Å². The molecule has 2 aromatic heterocycles. The Hall–Kier alpha value is -1.09. The first-order valence-electron chi connectivity index (χ1n) is 3.33. The van der Waals surface area contributed by atoms with Crippen LogP contribution in [0.25, 0.3) is 5.69 Å². The normalized spacial score (nSPS) is 10.3. The Morgan fingerprint density at radius 2 is 2.55 bits per heavy atom. The highest BCUT2D eigenvalue weighted by molar-refractivity contribution is 7.07. The van der Waals surface area contributed by atoms with Gasteiger partial charge in [0, 0.05) is 12.4 Å². The number of aryl methyl sites for hydroxylation is 1. The maximum absolute atomic E-state index is 4.12. The molecule has 2 rings (SSSR count). The van der Waals surface area contributed by atoms with Crippen molar-refractivity contribution in [2.45, 2.75) is 6.92 Å². The van der Waals surface area contributed by atoms with Crippen molar-refractivity contribution in [2.75, 3.05) is 0 Å². The molecular weight excluding hydrogens is 156 g/mol. The Labute approximate surface area is 69.1 Å². The van der Waals surface area contributed by atoms with Crippen LogP contribution in [-0.2, 0) is 0 Å². The van der Waals surface area contributed by atoms with Crippen molar-refractivity contribution in [1.82, 2.24) is 9.55 Å². The molecule has 0 aromatic carbocycles. The lowest BCUT2D eigenvalue weighted by atomic mass is 10.5. The molecule has 0 aliphatic rings. The van der Waals surface area contributed by atoms with Crippen molar-refractivity contribution in [1.29, 1.82) is 0 Å². The summed E-state index contributed by atoms with van der Waals surface area (Å²) in [7, 11) is 0. The number of hydrogen-bond donors (Lipinski definition) is 0. The Morgan fingerprint density at radius 1 is 1.64 bits per heavy atom. The summed E-state index contributed by atoms with van der Waals surface area (Å²) >= 11 is 1.57. The largest absolute Gasteiger partial charge is 0.302 e. The highest BCUT2D eigenvalue weighted by Gasteiger charge is 1.98. The van der Waals surface area contributed by atoms with Gasteiger partial charge in [0.2, 0.25) is 0 Å². The molecule has 0 unspecified atom stereocenters. The quantitative estimate of drug-likeness (QED) is 0.629. The monoisotopic (exact) mass is 163 g/mol. The molecule has 2 nitrogen and oxygen atoms in total. The van der Waals surface area contributed by atoms with Crippen LogP contribution in [0.1, 0.15) is 5.82 Å². The molecular formula is C8H7N2S. The van der Waals surface area contributed by atoms with E-state index in [0.29, 0.717) is 0 Å². The number of rotatable bonds is 1. The summed E-state index contributed by atoms with van der Waals surface area (Å²) in [6.07, 6.45) is 3.73. The molecule has 0 amide bonds. The van der Waals surface area contributed by atoms with Crippen LogP contribution < -0.4 is 0 Å². The topological polar surface area (TPSA) is 17.8 Å². The predicted molar refractivity (Wildman–Crippen MR) is 45.0 cm³/mol. The van der Waals surface area contributed by atoms with E-state index in [9.17, 15) is 0 Å². The van der Waals surface area contributed by atoms with Crippen LogP contribution in [0.15, 0.2) is 23.8 Å². The van der Waals surface area contributed by atoms with Crippen molar-refractivity contribution in [3.05, 3.63) is 35.0 Å². The lowest BCUT2D eigenvalue weighted by Gasteiger charge is -1.98. The summed E-state index contributed by atoms with van der Waals surface area (Å²) in [6, 6.07) is 2.03. The van der Waals surface area contributed by atoms with E-state index in [4.69, 9.17) is 0 Å². The van der Waals surface area contributed by atoms with Gasteiger partial charge in [-0.05, 0) is 18.4 Å². The highest BCUT2D eigenvalue weighted by Crippen LogP contribution is 2.12. The minimum absolute atomic E-state index is 1.000. The first-order valence-corrected chi connectivity index (χ1v) is 4.21. The van der Waals surface area contributed by atoms with Gasteiger partial charge >= 0.3 is 0 Å². The molecule has 0 saturated heterocycles. The van der Waals surface area contributed by atoms with Gasteiger partial charge in [0.25, 0.3) is 0 Å². The van der Waals surface area contributed by atoms with Gasteiger partial charge in [0.15, 0.2) is 0 Å². The summed E-state index contributed by atoms with van der Waals surface area (Å²) in [6.45, 7) is 1.98. The molecule has 2 heterocycles. The molecule has 0 aliphatic heterocycles. The van der Waals surface area contributed by atoms with Gasteiger partial charge in [0.05, 0.1) is 11.1 Å². The number of imidazole rings is 1. The highest BCUT2D eigenvalue weighted by atomic mass is 32.1. The van der Waals surface area contributed by atoms with E-state index in [2.05, 4.69) is 10.4 Å². The molecule has 2 aromatic rings. The molecule has 0 atom stereocenters. The summed E-state index contributed by atoms with van der Waals surface area (Å²) in [5.41, 5.74) is 1.07. The summed E-state index contributed by atoms with van der Waals surface area (Å²) < 4.78 is 2.01. The summed E-state index contributed by atoms with van der Waals surface area (Å²) in [4.78, 5) is 4.12. The van der Waals surface area contributed by atoms with Gasteiger partial charge in [-0.2, -0.15) is 0 Å². The van der Waals surface area contributed by atoms with E-state index in [1.807, 2.05) is 29.1 Å². The van der Waals surface area contributed by atoms with Crippen LogP contribution in [0.4, 0.5) is 0 Å². The fourth-order valence-electron chi connectivity index (χ4n) is 0.989. The van der Waals surface area contributed by atoms with E-state index >= 15 is 0 Å². The Balaban J connectivity index is 2.53. The van der Waals surface area contributed by atoms with E-state index in [-0.39, 0.29) is 0 Å². The van der Waals surface area contributed by atoms with Crippen LogP contribution in [0.3, 0.4) is 0 Å². The average Bonchev–Trinajstić information content (AvgIpc) is 2.55. The van der Waals surface area contributed by atoms with Crippen molar-refractivity contribution in [2.24, 2.45) is 0 Å². The Morgan fingerprint density at radius 3 is 3.09 bits per heavy atom. The lowest BCUT2D eigenvalue weighted by Crippen LogP contribution is -1.92. The molecule has 0 N–H and O–H groups in total. The molecule has 0 fully saturated rings. The number of hydrogen-bond acceptors (Lipinski definition) is 2. The Bertz CT molecular complexity index is 335. The zero-order chi connectivity index (χ0) is 7.68. The van der Waals surface area contributed by atoms with E-state index < -0.39 is 0 Å². The van der Waals surface area contributed by atoms with Crippen molar-refractivity contribution in [3.63, 3.8) is 0 Å². The van der Waals surface area contributed by atoms with Crippen molar-refractivity contribution < 1.29 is 0 Å². The number of aromatic nitrogens is 2. The summed E-state index contributed by atoms with van der Waals surface area (Å²) in [5.74, 6) is 1.000. The molecule has 1 radical (unpaired) electrons. The second-order valence-electron chi connectivity index (χ2n) is 2.25. The Kier molecular flexibility index (Phi) is 1.51. The second kappa shape index (κ2) is 2.51. The third-order valence-corrected chi connectivity index (χ3v) is 2.14. The number of thiophene rings is 1. The minimum Gasteiger partial charge on any atom is -0.302 e. The summed E-state index contributed by atoms with van der Waals surface area (Å²) in [5, 5.41) is 5.15. The maximum atomic E-state index is 4.12. The first-order chi connectivity index (χ1) is 5.38. The fraction of sp³-hybridized carbons (Fsp3) is 0.125. The number of nitrogens with zero attached hydrogens (tertiary/aromatic N) is 2. The third kappa shape index (κ3) is 1.07. The second-order valence-corrected chi connectivity index (χ2v) is 2.96. The van der Waals surface area contributed by atoms with Crippen molar-refractivity contribution in [3.8, 4) is 5.69 Å². The standard InChI is InChI=1S/C8H7N2S/c1-7-9-3-4-10(7)8-2-5-11-6-8/h2-5H,1H3. The van der Waals surface area contributed by atoms with E-state index in [1.54, 1.807) is 17.5 Å². The third-order valence-electron chi connectivity index (χ3n) is 1.54. The van der Waals surface area contributed by atoms with Crippen LogP contribution in [0.5, 0.6) is 0 Å². The minimum atomic E-state index is 1.000. The van der Waals surface area contributed by atoms with Gasteiger partial charge in [-0.25, -0.2) is 4.98 Å². The average molecular weight is 163 g/mol.